The summed E-state index contributed by atoms with van der Waals surface area (Å²) in [7, 11) is 1.22. The maximum absolute atomic E-state index is 14.0. The number of benzene rings is 1. The molecule has 0 aliphatic carbocycles. The van der Waals surface area contributed by atoms with Gasteiger partial charge in [-0.3, -0.25) is 9.36 Å². The lowest BCUT2D eigenvalue weighted by atomic mass is 10.2. The van der Waals surface area contributed by atoms with Gasteiger partial charge >= 0.3 is 5.97 Å². The molecule has 0 aliphatic rings. The van der Waals surface area contributed by atoms with Crippen LogP contribution in [0, 0.1) is 11.6 Å². The molecule has 1 atom stereocenters. The number of carbonyl (C=O) groups excluding carboxylic acids is 1. The molecule has 3 aromatic rings. The number of rotatable bonds is 4. The van der Waals surface area contributed by atoms with Crippen molar-refractivity contribution in [3.8, 4) is 5.69 Å². The van der Waals surface area contributed by atoms with Gasteiger partial charge in [0.25, 0.3) is 5.56 Å². The van der Waals surface area contributed by atoms with Gasteiger partial charge in [-0.2, -0.15) is 4.68 Å². The average molecular weight is 349 g/mol. The zero-order chi connectivity index (χ0) is 18.1. The first-order valence-corrected chi connectivity index (χ1v) is 7.33. The third-order valence-electron chi connectivity index (χ3n) is 3.72. The van der Waals surface area contributed by atoms with Crippen molar-refractivity contribution in [3.05, 3.63) is 46.5 Å². The smallest absolute Gasteiger partial charge is 0.329 e. The quantitative estimate of drug-likeness (QED) is 0.661. The molecule has 1 unspecified atom stereocenters. The highest BCUT2D eigenvalue weighted by atomic mass is 19.1. The average Bonchev–Trinajstić information content (AvgIpc) is 3.02. The van der Waals surface area contributed by atoms with Crippen LogP contribution < -0.4 is 5.56 Å². The summed E-state index contributed by atoms with van der Waals surface area (Å²) >= 11 is 0. The number of hydrogen-bond acceptors (Lipinski definition) is 6. The zero-order valence-corrected chi connectivity index (χ0v) is 13.3. The number of methoxy groups -OCH3 is 1. The molecule has 0 bridgehead atoms. The Bertz CT molecular complexity index is 1010. The molecule has 1 aromatic carbocycles. The Morgan fingerprint density at radius 1 is 1.36 bits per heavy atom. The van der Waals surface area contributed by atoms with Gasteiger partial charge in [-0.15, -0.1) is 5.10 Å². The van der Waals surface area contributed by atoms with Crippen LogP contribution in [0.1, 0.15) is 19.4 Å². The molecule has 2 aromatic heterocycles. The number of ether oxygens (including phenoxy) is 1. The molecule has 2 heterocycles. The zero-order valence-electron chi connectivity index (χ0n) is 13.3. The Kier molecular flexibility index (Phi) is 4.26. The minimum absolute atomic E-state index is 0.00789. The van der Waals surface area contributed by atoms with E-state index in [2.05, 4.69) is 20.0 Å². The van der Waals surface area contributed by atoms with Crippen LogP contribution in [0.4, 0.5) is 8.78 Å². The number of fused-ring (bicyclic) bond motifs is 1. The van der Waals surface area contributed by atoms with Crippen molar-refractivity contribution in [3.63, 3.8) is 0 Å². The fraction of sp³-hybridized carbons (Fsp3) is 0.267. The van der Waals surface area contributed by atoms with E-state index in [0.717, 1.165) is 27.7 Å². The van der Waals surface area contributed by atoms with Crippen LogP contribution in [0.3, 0.4) is 0 Å². The number of aromatic nitrogens is 5. The van der Waals surface area contributed by atoms with E-state index in [1.807, 2.05) is 0 Å². The molecule has 0 fully saturated rings. The third kappa shape index (κ3) is 2.75. The first-order valence-electron chi connectivity index (χ1n) is 7.33. The lowest BCUT2D eigenvalue weighted by Gasteiger charge is -2.14. The second-order valence-corrected chi connectivity index (χ2v) is 5.17. The number of nitrogens with zero attached hydrogens (tertiary/aromatic N) is 5. The van der Waals surface area contributed by atoms with E-state index in [1.165, 1.54) is 7.11 Å². The highest BCUT2D eigenvalue weighted by molar-refractivity contribution is 5.75. The predicted molar refractivity (Wildman–Crippen MR) is 82.2 cm³/mol. The molecular formula is C15H13F2N5O3. The monoisotopic (exact) mass is 349 g/mol. The topological polar surface area (TPSA) is 91.9 Å². The van der Waals surface area contributed by atoms with E-state index in [1.54, 1.807) is 6.92 Å². The molecular weight excluding hydrogens is 336 g/mol. The molecule has 25 heavy (non-hydrogen) atoms. The first kappa shape index (κ1) is 16.7. The van der Waals surface area contributed by atoms with Crippen LogP contribution in [-0.2, 0) is 9.53 Å². The summed E-state index contributed by atoms with van der Waals surface area (Å²) < 4.78 is 33.8. The third-order valence-corrected chi connectivity index (χ3v) is 3.72. The summed E-state index contributed by atoms with van der Waals surface area (Å²) in [5.74, 6) is -2.22. The fourth-order valence-corrected chi connectivity index (χ4v) is 2.47. The van der Waals surface area contributed by atoms with E-state index < -0.39 is 29.2 Å². The fourth-order valence-electron chi connectivity index (χ4n) is 2.47. The number of halogens is 2. The Hall–Kier alpha value is -3.17. The normalized spacial score (nSPS) is 12.3. The van der Waals surface area contributed by atoms with Gasteiger partial charge in [-0.1, -0.05) is 12.1 Å². The van der Waals surface area contributed by atoms with Gasteiger partial charge in [0, 0.05) is 6.07 Å². The lowest BCUT2D eigenvalue weighted by molar-refractivity contribution is -0.144. The van der Waals surface area contributed by atoms with Gasteiger partial charge in [-0.25, -0.2) is 18.6 Å². The molecule has 0 saturated carbocycles. The highest BCUT2D eigenvalue weighted by Crippen LogP contribution is 2.18. The van der Waals surface area contributed by atoms with E-state index in [4.69, 9.17) is 0 Å². The molecule has 8 nitrogen and oxygen atoms in total. The van der Waals surface area contributed by atoms with Crippen molar-refractivity contribution in [2.24, 2.45) is 0 Å². The summed E-state index contributed by atoms with van der Waals surface area (Å²) in [6.45, 7) is 1.71. The van der Waals surface area contributed by atoms with Crippen LogP contribution in [-0.4, -0.2) is 37.6 Å². The molecule has 0 radical (unpaired) electrons. The van der Waals surface area contributed by atoms with Gasteiger partial charge in [0.05, 0.1) is 7.11 Å². The van der Waals surface area contributed by atoms with Crippen molar-refractivity contribution in [2.75, 3.05) is 7.11 Å². The maximum Gasteiger partial charge on any atom is 0.329 e. The molecule has 0 spiro atoms. The summed E-state index contributed by atoms with van der Waals surface area (Å²) in [5, 5.41) is 7.45. The van der Waals surface area contributed by atoms with Gasteiger partial charge in [0.2, 0.25) is 0 Å². The van der Waals surface area contributed by atoms with Crippen LogP contribution in [0.2, 0.25) is 0 Å². The Morgan fingerprint density at radius 2 is 2.12 bits per heavy atom. The number of esters is 1. The van der Waals surface area contributed by atoms with Crippen molar-refractivity contribution < 1.29 is 18.3 Å². The maximum atomic E-state index is 14.0. The number of carbonyl (C=O) groups is 1. The summed E-state index contributed by atoms with van der Waals surface area (Å²) in [6.07, 6.45) is 1.46. The van der Waals surface area contributed by atoms with Crippen LogP contribution in [0.15, 0.2) is 29.3 Å². The SMILES string of the molecule is CCC(C(=O)OC)n1cnc2c(nnn2-c2ccc(F)cc2F)c1=O. The Balaban J connectivity index is 2.17. The summed E-state index contributed by atoms with van der Waals surface area (Å²) in [4.78, 5) is 28.4. The lowest BCUT2D eigenvalue weighted by Crippen LogP contribution is -2.30. The second-order valence-electron chi connectivity index (χ2n) is 5.17. The van der Waals surface area contributed by atoms with Gasteiger partial charge in [-0.05, 0) is 18.6 Å². The van der Waals surface area contributed by atoms with E-state index in [9.17, 15) is 18.4 Å². The molecule has 0 saturated heterocycles. The van der Waals surface area contributed by atoms with Gasteiger partial charge in [0.15, 0.2) is 17.0 Å². The highest BCUT2D eigenvalue weighted by Gasteiger charge is 2.23. The van der Waals surface area contributed by atoms with Gasteiger partial charge in [0.1, 0.15) is 23.9 Å². The van der Waals surface area contributed by atoms with Crippen LogP contribution in [0.25, 0.3) is 16.9 Å². The van der Waals surface area contributed by atoms with Crippen molar-refractivity contribution in [2.45, 2.75) is 19.4 Å². The Morgan fingerprint density at radius 3 is 2.76 bits per heavy atom. The minimum Gasteiger partial charge on any atom is -0.467 e. The molecule has 10 heteroatoms. The van der Waals surface area contributed by atoms with E-state index >= 15 is 0 Å². The second kappa shape index (κ2) is 6.38. The van der Waals surface area contributed by atoms with Crippen LogP contribution >= 0.6 is 0 Å². The largest absolute Gasteiger partial charge is 0.467 e. The minimum atomic E-state index is -0.876. The van der Waals surface area contributed by atoms with Crippen molar-refractivity contribution >= 4 is 17.1 Å². The standard InChI is InChI=1S/C15H13F2N5O3/c1-3-10(15(24)25-2)21-7-18-13-12(14(21)23)19-20-22(13)11-5-4-8(16)6-9(11)17/h4-7,10H,3H2,1-2H3. The molecule has 0 amide bonds. The molecule has 0 N–H and O–H groups in total. The number of hydrogen-bond donors (Lipinski definition) is 0. The molecule has 3 rings (SSSR count). The summed E-state index contributed by atoms with van der Waals surface area (Å²) in [6, 6.07) is 2.04. The summed E-state index contributed by atoms with van der Waals surface area (Å²) in [5.41, 5.74) is -0.871. The van der Waals surface area contributed by atoms with E-state index in [-0.39, 0.29) is 16.9 Å². The van der Waals surface area contributed by atoms with Crippen molar-refractivity contribution in [1.29, 1.82) is 0 Å². The van der Waals surface area contributed by atoms with Gasteiger partial charge < -0.3 is 4.74 Å². The van der Waals surface area contributed by atoms with Crippen LogP contribution in [0.5, 0.6) is 0 Å². The first-order chi connectivity index (χ1) is 12.0. The Labute approximate surface area is 139 Å². The molecule has 130 valence electrons. The predicted octanol–water partition coefficient (Wildman–Crippen LogP) is 1.38. The molecule has 0 aliphatic heterocycles. The van der Waals surface area contributed by atoms with E-state index in [0.29, 0.717) is 12.5 Å². The van der Waals surface area contributed by atoms with Crippen molar-refractivity contribution in [1.82, 2.24) is 24.5 Å².